The largest absolute Gasteiger partial charge is 0.481 e. The van der Waals surface area contributed by atoms with Crippen molar-refractivity contribution in [3.8, 4) is 0 Å². The number of carboxylic acid groups (broad SMARTS) is 3. The van der Waals surface area contributed by atoms with Crippen LogP contribution in [-0.2, 0) is 35.2 Å². The second-order valence-corrected chi connectivity index (χ2v) is 8.39. The molecule has 13 heteroatoms. The minimum absolute atomic E-state index is 0.0679. The van der Waals surface area contributed by atoms with E-state index in [1.807, 2.05) is 0 Å². The van der Waals surface area contributed by atoms with Gasteiger partial charge < -0.3 is 36.6 Å². The minimum Gasteiger partial charge on any atom is -0.481 e. The maximum absolute atomic E-state index is 13.1. The Morgan fingerprint density at radius 1 is 0.861 bits per heavy atom. The molecule has 0 saturated carbocycles. The molecule has 13 nitrogen and oxygen atoms in total. The van der Waals surface area contributed by atoms with Crippen LogP contribution in [0.25, 0.3) is 0 Å². The molecule has 1 fully saturated rings. The van der Waals surface area contributed by atoms with Crippen LogP contribution in [0.1, 0.15) is 37.7 Å². The summed E-state index contributed by atoms with van der Waals surface area (Å²) in [6, 6.07) is 3.62. The van der Waals surface area contributed by atoms with Gasteiger partial charge in [-0.25, -0.2) is 4.79 Å². The summed E-state index contributed by atoms with van der Waals surface area (Å²) in [6.07, 6.45) is -0.287. The minimum atomic E-state index is -1.74. The number of carboxylic acids is 3. The van der Waals surface area contributed by atoms with Crippen LogP contribution in [-0.4, -0.2) is 81.7 Å². The van der Waals surface area contributed by atoms with Gasteiger partial charge in [0.05, 0.1) is 12.5 Å². The zero-order valence-electron chi connectivity index (χ0n) is 19.4. The summed E-state index contributed by atoms with van der Waals surface area (Å²) >= 11 is 0. The topological polar surface area (TPSA) is 211 Å². The molecule has 1 aromatic rings. The summed E-state index contributed by atoms with van der Waals surface area (Å²) in [5.41, 5.74) is 0.615. The Morgan fingerprint density at radius 3 is 2.06 bits per heavy atom. The predicted molar refractivity (Wildman–Crippen MR) is 124 cm³/mol. The van der Waals surface area contributed by atoms with E-state index in [9.17, 15) is 33.9 Å². The van der Waals surface area contributed by atoms with Crippen molar-refractivity contribution in [3.05, 3.63) is 35.9 Å². The Balaban J connectivity index is 2.21. The molecule has 0 radical (unpaired) electrons. The van der Waals surface area contributed by atoms with Crippen molar-refractivity contribution in [3.63, 3.8) is 0 Å². The number of carbonyl (C=O) groups excluding carboxylic acids is 3. The smallest absolute Gasteiger partial charge is 0.326 e. The highest BCUT2D eigenvalue weighted by Crippen LogP contribution is 2.09. The molecule has 1 aliphatic heterocycles. The highest BCUT2D eigenvalue weighted by Gasteiger charge is 2.32. The third-order valence-corrected chi connectivity index (χ3v) is 5.57. The summed E-state index contributed by atoms with van der Waals surface area (Å²) in [5.74, 6) is -6.44. The first-order chi connectivity index (χ1) is 17.1. The van der Waals surface area contributed by atoms with Crippen LogP contribution < -0.4 is 21.3 Å². The Kier molecular flexibility index (Phi) is 10.8. The average molecular weight is 507 g/mol. The summed E-state index contributed by atoms with van der Waals surface area (Å²) in [6.45, 7) is 0.629. The second kappa shape index (κ2) is 13.8. The monoisotopic (exact) mass is 506 g/mol. The first kappa shape index (κ1) is 28.2. The molecule has 36 heavy (non-hydrogen) atoms. The molecular formula is C23H30N4O9. The maximum Gasteiger partial charge on any atom is 0.326 e. The molecule has 0 aromatic heterocycles. The van der Waals surface area contributed by atoms with Crippen molar-refractivity contribution in [2.75, 3.05) is 6.54 Å². The normalized spacial score (nSPS) is 17.3. The summed E-state index contributed by atoms with van der Waals surface area (Å²) in [7, 11) is 0. The van der Waals surface area contributed by atoms with E-state index >= 15 is 0 Å². The van der Waals surface area contributed by atoms with Gasteiger partial charge in [0.15, 0.2) is 0 Å². The lowest BCUT2D eigenvalue weighted by atomic mass is 10.0. The standard InChI is InChI=1S/C23H30N4O9/c28-18(29)9-8-15(25-20(32)14-7-4-10-24-14)21(33)26-16(11-13-5-2-1-3-6-13)22(34)27-17(23(35)36)12-19(30)31/h1-3,5-6,14-17,24H,4,7-12H2,(H,25,32)(H,26,33)(H,27,34)(H,28,29)(H,30,31)(H,35,36). The number of nitrogens with one attached hydrogen (secondary N) is 4. The molecule has 1 aromatic carbocycles. The van der Waals surface area contributed by atoms with Crippen LogP contribution in [0.2, 0.25) is 0 Å². The molecule has 196 valence electrons. The maximum atomic E-state index is 13.1. The van der Waals surface area contributed by atoms with Crippen molar-refractivity contribution in [2.45, 2.75) is 62.7 Å². The molecule has 1 heterocycles. The second-order valence-electron chi connectivity index (χ2n) is 8.39. The van der Waals surface area contributed by atoms with Gasteiger partial charge in [-0.2, -0.15) is 0 Å². The van der Waals surface area contributed by atoms with Crippen molar-refractivity contribution in [1.29, 1.82) is 0 Å². The third-order valence-electron chi connectivity index (χ3n) is 5.57. The third kappa shape index (κ3) is 9.33. The SMILES string of the molecule is O=C(O)CCC(NC(=O)C1CCCN1)C(=O)NC(Cc1ccccc1)C(=O)NC(CC(=O)O)C(=O)O. The molecule has 0 bridgehead atoms. The number of hydrogen-bond acceptors (Lipinski definition) is 7. The summed E-state index contributed by atoms with van der Waals surface area (Å²) in [5, 5.41) is 37.3. The summed E-state index contributed by atoms with van der Waals surface area (Å²) < 4.78 is 0. The van der Waals surface area contributed by atoms with E-state index in [2.05, 4.69) is 21.3 Å². The number of aliphatic carboxylic acids is 3. The summed E-state index contributed by atoms with van der Waals surface area (Å²) in [4.78, 5) is 72.0. The van der Waals surface area contributed by atoms with Crippen molar-refractivity contribution in [1.82, 2.24) is 21.3 Å². The van der Waals surface area contributed by atoms with Gasteiger partial charge >= 0.3 is 17.9 Å². The van der Waals surface area contributed by atoms with Gasteiger partial charge in [-0.15, -0.1) is 0 Å². The lowest BCUT2D eigenvalue weighted by molar-refractivity contribution is -0.147. The zero-order valence-corrected chi connectivity index (χ0v) is 19.4. The van der Waals surface area contributed by atoms with Crippen molar-refractivity contribution in [2.24, 2.45) is 0 Å². The molecule has 4 unspecified atom stereocenters. The van der Waals surface area contributed by atoms with Crippen LogP contribution in [0, 0.1) is 0 Å². The van der Waals surface area contributed by atoms with Crippen LogP contribution in [0.3, 0.4) is 0 Å². The first-order valence-electron chi connectivity index (χ1n) is 11.4. The van der Waals surface area contributed by atoms with Crippen molar-refractivity contribution >= 4 is 35.6 Å². The molecule has 1 aliphatic rings. The fraction of sp³-hybridized carbons (Fsp3) is 0.478. The quantitative estimate of drug-likeness (QED) is 0.161. The van der Waals surface area contributed by atoms with Gasteiger partial charge in [0.2, 0.25) is 17.7 Å². The van der Waals surface area contributed by atoms with E-state index in [1.165, 1.54) is 0 Å². The highest BCUT2D eigenvalue weighted by atomic mass is 16.4. The zero-order chi connectivity index (χ0) is 26.7. The van der Waals surface area contributed by atoms with Gasteiger partial charge in [-0.05, 0) is 31.4 Å². The Labute approximate surface area is 206 Å². The number of carbonyl (C=O) groups is 6. The highest BCUT2D eigenvalue weighted by molar-refractivity contribution is 5.95. The van der Waals surface area contributed by atoms with E-state index in [4.69, 9.17) is 10.2 Å². The van der Waals surface area contributed by atoms with Crippen LogP contribution in [0.4, 0.5) is 0 Å². The average Bonchev–Trinajstić information content (AvgIpc) is 3.36. The number of hydrogen-bond donors (Lipinski definition) is 7. The fourth-order valence-corrected chi connectivity index (χ4v) is 3.70. The van der Waals surface area contributed by atoms with Gasteiger partial charge in [0.1, 0.15) is 18.1 Å². The molecule has 0 spiro atoms. The molecule has 0 aliphatic carbocycles. The van der Waals surface area contributed by atoms with E-state index in [-0.39, 0.29) is 12.8 Å². The van der Waals surface area contributed by atoms with Crippen LogP contribution in [0.15, 0.2) is 30.3 Å². The molecular weight excluding hydrogens is 476 g/mol. The van der Waals surface area contributed by atoms with E-state index < -0.39 is 72.6 Å². The molecule has 2 rings (SSSR count). The van der Waals surface area contributed by atoms with Gasteiger partial charge in [0.25, 0.3) is 0 Å². The number of benzene rings is 1. The van der Waals surface area contributed by atoms with Crippen LogP contribution >= 0.6 is 0 Å². The molecule has 4 atom stereocenters. The molecule has 1 saturated heterocycles. The van der Waals surface area contributed by atoms with Gasteiger partial charge in [0, 0.05) is 12.8 Å². The lowest BCUT2D eigenvalue weighted by Gasteiger charge is -2.25. The van der Waals surface area contributed by atoms with Crippen molar-refractivity contribution < 1.29 is 44.1 Å². The molecule has 3 amide bonds. The number of rotatable bonds is 14. The molecule has 7 N–H and O–H groups in total. The number of amides is 3. The predicted octanol–water partition coefficient (Wildman–Crippen LogP) is -1.14. The van der Waals surface area contributed by atoms with E-state index in [0.29, 0.717) is 18.5 Å². The van der Waals surface area contributed by atoms with Crippen LogP contribution in [0.5, 0.6) is 0 Å². The van der Waals surface area contributed by atoms with E-state index in [1.54, 1.807) is 30.3 Å². The Hall–Kier alpha value is -4.00. The Morgan fingerprint density at radius 2 is 1.50 bits per heavy atom. The first-order valence-corrected chi connectivity index (χ1v) is 11.4. The van der Waals surface area contributed by atoms with E-state index in [0.717, 1.165) is 6.42 Å². The lowest BCUT2D eigenvalue weighted by Crippen LogP contribution is -2.57. The fourth-order valence-electron chi connectivity index (χ4n) is 3.70. The van der Waals surface area contributed by atoms with Gasteiger partial charge in [-0.3, -0.25) is 24.0 Å². The van der Waals surface area contributed by atoms with Gasteiger partial charge in [-0.1, -0.05) is 30.3 Å². The Bertz CT molecular complexity index is 964.